The van der Waals surface area contributed by atoms with E-state index in [-0.39, 0.29) is 21.6 Å². The van der Waals surface area contributed by atoms with E-state index in [9.17, 15) is 26.4 Å². The molecule has 0 amide bonds. The molecule has 0 aliphatic rings. The highest BCUT2D eigenvalue weighted by molar-refractivity contribution is 7.88. The highest BCUT2D eigenvalue weighted by atomic mass is 32.2. The van der Waals surface area contributed by atoms with Crippen molar-refractivity contribution in [2.75, 3.05) is 0 Å². The van der Waals surface area contributed by atoms with Gasteiger partial charge in [-0.3, -0.25) is 0 Å². The first-order valence-corrected chi connectivity index (χ1v) is 11.8. The minimum absolute atomic E-state index is 0.213. The predicted molar refractivity (Wildman–Crippen MR) is 108 cm³/mol. The van der Waals surface area contributed by atoms with Crippen LogP contribution in [0, 0.1) is 0 Å². The van der Waals surface area contributed by atoms with Crippen molar-refractivity contribution >= 4 is 32.2 Å². The van der Waals surface area contributed by atoms with Gasteiger partial charge in [0.15, 0.2) is 0 Å². The van der Waals surface area contributed by atoms with E-state index in [1.807, 2.05) is 0 Å². The van der Waals surface area contributed by atoms with Gasteiger partial charge in [0.1, 0.15) is 9.79 Å². The van der Waals surface area contributed by atoms with E-state index in [0.29, 0.717) is 11.1 Å². The van der Waals surface area contributed by atoms with Crippen LogP contribution in [-0.2, 0) is 38.2 Å². The maximum Gasteiger partial charge on any atom is 0.434 e. The lowest BCUT2D eigenvalue weighted by molar-refractivity contribution is -0.155. The Hall–Kier alpha value is -2.72. The predicted octanol–water partition coefficient (Wildman–Crippen LogP) is 3.10. The Labute approximate surface area is 176 Å². The van der Waals surface area contributed by atoms with Crippen LogP contribution in [0.2, 0.25) is 0 Å². The monoisotopic (exact) mass is 454 g/mol. The summed E-state index contributed by atoms with van der Waals surface area (Å²) in [5, 5.41) is 0. The lowest BCUT2D eigenvalue weighted by atomic mass is 10.0. The average molecular weight is 455 g/mol. The Balaban J connectivity index is 2.26. The standard InChI is InChI=1S/C20H22O8S2/c1-13(2)15-9-5-7-11-17(15)29(23,24)27-19(21)20(22)28-30(25,26)18-12-8-6-10-16(18)14(3)4/h5-14H,1-4H3. The van der Waals surface area contributed by atoms with E-state index >= 15 is 0 Å². The van der Waals surface area contributed by atoms with Crippen molar-refractivity contribution in [1.82, 2.24) is 0 Å². The van der Waals surface area contributed by atoms with Gasteiger partial charge < -0.3 is 8.37 Å². The molecule has 0 heterocycles. The molecule has 0 radical (unpaired) electrons. The Bertz CT molecular complexity index is 1070. The van der Waals surface area contributed by atoms with Crippen LogP contribution in [0.15, 0.2) is 58.3 Å². The number of carbonyl (C=O) groups excluding carboxylic acids is 2. The molecule has 0 N–H and O–H groups in total. The maximum absolute atomic E-state index is 12.5. The zero-order valence-electron chi connectivity index (χ0n) is 16.9. The molecule has 0 aliphatic carbocycles. The summed E-state index contributed by atoms with van der Waals surface area (Å²) >= 11 is 0. The van der Waals surface area contributed by atoms with Crippen LogP contribution in [0.4, 0.5) is 0 Å². The second kappa shape index (κ2) is 8.97. The summed E-state index contributed by atoms with van der Waals surface area (Å²) in [6, 6.07) is 11.6. The third-order valence-electron chi connectivity index (χ3n) is 4.16. The van der Waals surface area contributed by atoms with Crippen LogP contribution >= 0.6 is 0 Å². The van der Waals surface area contributed by atoms with Gasteiger partial charge in [-0.15, -0.1) is 0 Å². The number of rotatable bonds is 6. The van der Waals surface area contributed by atoms with Gasteiger partial charge in [0.2, 0.25) is 0 Å². The second-order valence-corrected chi connectivity index (χ2v) is 10.1. The molecule has 0 fully saturated rings. The van der Waals surface area contributed by atoms with Crippen molar-refractivity contribution < 1.29 is 34.8 Å². The topological polar surface area (TPSA) is 121 Å². The second-order valence-electron chi connectivity index (χ2n) is 7.03. The Morgan fingerprint density at radius 3 is 1.23 bits per heavy atom. The van der Waals surface area contributed by atoms with Crippen molar-refractivity contribution in [2.45, 2.75) is 49.3 Å². The smallest absolute Gasteiger partial charge is 0.332 e. The summed E-state index contributed by atoms with van der Waals surface area (Å²) < 4.78 is 58.5. The fourth-order valence-corrected chi connectivity index (χ4v) is 5.12. The van der Waals surface area contributed by atoms with Crippen LogP contribution in [0.5, 0.6) is 0 Å². The van der Waals surface area contributed by atoms with Crippen LogP contribution in [0.1, 0.15) is 50.7 Å². The van der Waals surface area contributed by atoms with Gasteiger partial charge in [-0.1, -0.05) is 64.1 Å². The van der Waals surface area contributed by atoms with Crippen molar-refractivity contribution in [1.29, 1.82) is 0 Å². The SMILES string of the molecule is CC(C)c1ccccc1S(=O)(=O)OC(=O)C(=O)OS(=O)(=O)c1ccccc1C(C)C. The highest BCUT2D eigenvalue weighted by Gasteiger charge is 2.33. The highest BCUT2D eigenvalue weighted by Crippen LogP contribution is 2.26. The summed E-state index contributed by atoms with van der Waals surface area (Å²) in [7, 11) is -9.33. The molecule has 2 aromatic rings. The fourth-order valence-electron chi connectivity index (χ4n) is 2.73. The van der Waals surface area contributed by atoms with Gasteiger partial charge >= 0.3 is 32.2 Å². The Kier molecular flexibility index (Phi) is 7.04. The van der Waals surface area contributed by atoms with E-state index in [2.05, 4.69) is 8.37 Å². The normalized spacial score (nSPS) is 12.1. The number of carbonyl (C=O) groups is 2. The third kappa shape index (κ3) is 5.25. The maximum atomic E-state index is 12.5. The average Bonchev–Trinajstić information content (AvgIpc) is 2.67. The first-order valence-electron chi connectivity index (χ1n) is 9.02. The first-order chi connectivity index (χ1) is 13.9. The van der Waals surface area contributed by atoms with Gasteiger partial charge in [0.25, 0.3) is 0 Å². The molecule has 10 heteroatoms. The molecule has 2 rings (SSSR count). The molecule has 0 saturated carbocycles. The molecule has 0 aromatic heterocycles. The molecule has 0 unspecified atom stereocenters. The van der Waals surface area contributed by atoms with Gasteiger partial charge in [-0.25, -0.2) is 9.59 Å². The molecule has 0 bridgehead atoms. The third-order valence-corrected chi connectivity index (χ3v) is 6.72. The number of benzene rings is 2. The molecule has 162 valence electrons. The molecule has 8 nitrogen and oxygen atoms in total. The van der Waals surface area contributed by atoms with Crippen LogP contribution in [0.25, 0.3) is 0 Å². The summed E-state index contributed by atoms with van der Waals surface area (Å²) in [6.07, 6.45) is 0. The van der Waals surface area contributed by atoms with Gasteiger partial charge in [0.05, 0.1) is 0 Å². The van der Waals surface area contributed by atoms with Crippen LogP contribution in [-0.4, -0.2) is 28.8 Å². The van der Waals surface area contributed by atoms with Gasteiger partial charge in [-0.05, 0) is 35.1 Å². The van der Waals surface area contributed by atoms with Gasteiger partial charge in [0, 0.05) is 0 Å². The molecular weight excluding hydrogens is 432 g/mol. The van der Waals surface area contributed by atoms with E-state index in [0.717, 1.165) is 0 Å². The van der Waals surface area contributed by atoms with Crippen molar-refractivity contribution in [2.24, 2.45) is 0 Å². The first kappa shape index (κ1) is 23.6. The Morgan fingerprint density at radius 1 is 0.633 bits per heavy atom. The number of hydrogen-bond acceptors (Lipinski definition) is 8. The van der Waals surface area contributed by atoms with E-state index in [1.54, 1.807) is 39.8 Å². The largest absolute Gasteiger partial charge is 0.434 e. The molecule has 0 saturated heterocycles. The molecule has 0 spiro atoms. The zero-order valence-corrected chi connectivity index (χ0v) is 18.5. The zero-order chi connectivity index (χ0) is 22.7. The minimum Gasteiger partial charge on any atom is -0.332 e. The summed E-state index contributed by atoms with van der Waals surface area (Å²) in [4.78, 5) is 23.4. The van der Waals surface area contributed by atoms with Gasteiger partial charge in [-0.2, -0.15) is 16.8 Å². The minimum atomic E-state index is -4.67. The van der Waals surface area contributed by atoms with E-state index in [4.69, 9.17) is 0 Å². The van der Waals surface area contributed by atoms with Crippen molar-refractivity contribution in [3.63, 3.8) is 0 Å². The molecule has 0 atom stereocenters. The van der Waals surface area contributed by atoms with Crippen LogP contribution < -0.4 is 0 Å². The lowest BCUT2D eigenvalue weighted by Gasteiger charge is -2.13. The van der Waals surface area contributed by atoms with E-state index < -0.39 is 32.2 Å². The van der Waals surface area contributed by atoms with Crippen molar-refractivity contribution in [3.8, 4) is 0 Å². The number of hydrogen-bond donors (Lipinski definition) is 0. The quantitative estimate of drug-likeness (QED) is 0.482. The Morgan fingerprint density at radius 2 is 0.933 bits per heavy atom. The molecular formula is C20H22O8S2. The van der Waals surface area contributed by atoms with Crippen molar-refractivity contribution in [3.05, 3.63) is 59.7 Å². The molecule has 0 aliphatic heterocycles. The summed E-state index contributed by atoms with van der Waals surface area (Å²) in [5.74, 6) is -4.34. The van der Waals surface area contributed by atoms with Crippen LogP contribution in [0.3, 0.4) is 0 Å². The lowest BCUT2D eigenvalue weighted by Crippen LogP contribution is -2.27. The molecule has 2 aromatic carbocycles. The summed E-state index contributed by atoms with van der Waals surface area (Å²) in [6.45, 7) is 6.96. The summed E-state index contributed by atoms with van der Waals surface area (Å²) in [5.41, 5.74) is 0.745. The molecule has 30 heavy (non-hydrogen) atoms. The van der Waals surface area contributed by atoms with E-state index in [1.165, 1.54) is 36.4 Å². The fraction of sp³-hybridized carbons (Fsp3) is 0.300.